The summed E-state index contributed by atoms with van der Waals surface area (Å²) in [5.74, 6) is -0.437. The van der Waals surface area contributed by atoms with Gasteiger partial charge >= 0.3 is 5.69 Å². The Hall–Kier alpha value is -3.07. The van der Waals surface area contributed by atoms with Crippen molar-refractivity contribution in [2.24, 2.45) is 0 Å². The lowest BCUT2D eigenvalue weighted by atomic mass is 10.1. The van der Waals surface area contributed by atoms with Crippen LogP contribution in [-0.2, 0) is 17.9 Å². The van der Waals surface area contributed by atoms with Crippen molar-refractivity contribution in [1.29, 1.82) is 0 Å². The minimum atomic E-state index is -0.785. The van der Waals surface area contributed by atoms with E-state index < -0.39 is 35.5 Å². The van der Waals surface area contributed by atoms with Gasteiger partial charge in [0.25, 0.3) is 5.56 Å². The third kappa shape index (κ3) is 3.77. The predicted octanol–water partition coefficient (Wildman–Crippen LogP) is 1.72. The number of carbonyl (C=O) groups excluding carboxylic acids is 2. The Balaban J connectivity index is 2.00. The van der Waals surface area contributed by atoms with Gasteiger partial charge in [-0.2, -0.15) is 0 Å². The van der Waals surface area contributed by atoms with Crippen LogP contribution in [0.3, 0.4) is 0 Å². The number of ether oxygens (including phenoxy) is 1. The number of ketones is 1. The molecule has 1 amide bonds. The quantitative estimate of drug-likeness (QED) is 0.736. The number of carbonyl (C=O) groups is 2. The highest BCUT2D eigenvalue weighted by Gasteiger charge is 2.34. The van der Waals surface area contributed by atoms with E-state index in [1.807, 2.05) is 6.92 Å². The zero-order chi connectivity index (χ0) is 21.3. The van der Waals surface area contributed by atoms with Gasteiger partial charge in [-0.25, -0.2) is 9.36 Å². The van der Waals surface area contributed by atoms with Crippen LogP contribution in [0.4, 0.5) is 11.5 Å². The molecule has 0 radical (unpaired) electrons. The Morgan fingerprint density at radius 2 is 2.00 bits per heavy atom. The molecular weight excluding hydrogens is 400 g/mol. The van der Waals surface area contributed by atoms with Gasteiger partial charge in [0.2, 0.25) is 5.91 Å². The molecule has 0 saturated carbocycles. The molecule has 0 bridgehead atoms. The van der Waals surface area contributed by atoms with E-state index >= 15 is 0 Å². The summed E-state index contributed by atoms with van der Waals surface area (Å²) in [7, 11) is 1.44. The Morgan fingerprint density at radius 1 is 1.28 bits per heavy atom. The summed E-state index contributed by atoms with van der Waals surface area (Å²) < 4.78 is 7.28. The third-order valence-corrected chi connectivity index (χ3v) is 4.84. The monoisotopic (exact) mass is 420 g/mol. The lowest BCUT2D eigenvalue weighted by Crippen LogP contribution is -2.44. The standard InChI is InChI=1S/C19H21ClN4O5/c1-4-7-23-17-15(16(26)10(2)21-17)18(27)24(19(23)28)9-14(25)22-12-8-11(20)5-6-13(12)29-3/h5-6,8,10,21H,4,7,9H2,1-3H3,(H,22,25)/t10-/m1/s1. The number of hydrogen-bond acceptors (Lipinski definition) is 6. The van der Waals surface area contributed by atoms with Gasteiger partial charge in [-0.1, -0.05) is 18.5 Å². The van der Waals surface area contributed by atoms with E-state index in [0.29, 0.717) is 29.4 Å². The van der Waals surface area contributed by atoms with Gasteiger partial charge in [-0.05, 0) is 31.5 Å². The molecule has 29 heavy (non-hydrogen) atoms. The average molecular weight is 421 g/mol. The first kappa shape index (κ1) is 20.7. The molecule has 2 heterocycles. The highest BCUT2D eigenvalue weighted by atomic mass is 35.5. The second-order valence-electron chi connectivity index (χ2n) is 6.67. The summed E-state index contributed by atoms with van der Waals surface area (Å²) in [6.07, 6.45) is 0.612. The minimum absolute atomic E-state index is 0.0984. The maximum atomic E-state index is 12.9. The summed E-state index contributed by atoms with van der Waals surface area (Å²) >= 11 is 5.96. The Bertz CT molecular complexity index is 1100. The topological polar surface area (TPSA) is 111 Å². The van der Waals surface area contributed by atoms with Crippen LogP contribution < -0.4 is 26.6 Å². The predicted molar refractivity (Wildman–Crippen MR) is 109 cm³/mol. The van der Waals surface area contributed by atoms with Crippen molar-refractivity contribution in [2.75, 3.05) is 17.7 Å². The van der Waals surface area contributed by atoms with Crippen molar-refractivity contribution in [2.45, 2.75) is 39.4 Å². The Morgan fingerprint density at radius 3 is 2.66 bits per heavy atom. The lowest BCUT2D eigenvalue weighted by Gasteiger charge is -2.15. The average Bonchev–Trinajstić information content (AvgIpc) is 2.97. The van der Waals surface area contributed by atoms with Crippen LogP contribution in [0.15, 0.2) is 27.8 Å². The molecule has 0 saturated heterocycles. The fraction of sp³-hybridized carbons (Fsp3) is 0.368. The molecule has 0 aliphatic carbocycles. The SMILES string of the molecule is CCCn1c2c(c(=O)n(CC(=O)Nc3cc(Cl)ccc3OC)c1=O)C(=O)[C@@H](C)N2. The summed E-state index contributed by atoms with van der Waals surface area (Å²) in [5, 5.41) is 5.86. The van der Waals surface area contributed by atoms with Crippen LogP contribution in [0, 0.1) is 0 Å². The second kappa shape index (κ2) is 8.12. The van der Waals surface area contributed by atoms with E-state index in [4.69, 9.17) is 16.3 Å². The number of Topliss-reactive ketones (excluding diaryl/α,β-unsaturated/α-hetero) is 1. The van der Waals surface area contributed by atoms with Gasteiger partial charge in [0.05, 0.1) is 18.8 Å². The first-order valence-electron chi connectivity index (χ1n) is 9.10. The summed E-state index contributed by atoms with van der Waals surface area (Å²) in [6, 6.07) is 4.07. The highest BCUT2D eigenvalue weighted by molar-refractivity contribution is 6.31. The van der Waals surface area contributed by atoms with Crippen LogP contribution in [0.5, 0.6) is 5.75 Å². The molecule has 0 fully saturated rings. The van der Waals surface area contributed by atoms with Gasteiger partial charge < -0.3 is 15.4 Å². The number of benzene rings is 1. The number of nitrogens with one attached hydrogen (secondary N) is 2. The minimum Gasteiger partial charge on any atom is -0.495 e. The van der Waals surface area contributed by atoms with Crippen molar-refractivity contribution in [3.8, 4) is 5.75 Å². The number of aromatic nitrogens is 2. The Labute approximate surface area is 171 Å². The number of nitrogens with zero attached hydrogens (tertiary/aromatic N) is 2. The Kier molecular flexibility index (Phi) is 5.78. The molecular formula is C19H21ClN4O5. The van der Waals surface area contributed by atoms with E-state index in [2.05, 4.69) is 10.6 Å². The molecule has 0 unspecified atom stereocenters. The first-order chi connectivity index (χ1) is 13.8. The molecule has 2 aromatic rings. The van der Waals surface area contributed by atoms with Crippen molar-refractivity contribution < 1.29 is 14.3 Å². The van der Waals surface area contributed by atoms with Crippen molar-refractivity contribution >= 4 is 34.8 Å². The lowest BCUT2D eigenvalue weighted by molar-refractivity contribution is -0.116. The first-order valence-corrected chi connectivity index (χ1v) is 9.48. The van der Waals surface area contributed by atoms with Crippen molar-refractivity contribution in [3.63, 3.8) is 0 Å². The van der Waals surface area contributed by atoms with E-state index in [9.17, 15) is 19.2 Å². The number of hydrogen-bond donors (Lipinski definition) is 2. The molecule has 1 aliphatic heterocycles. The van der Waals surface area contributed by atoms with Crippen LogP contribution in [0.2, 0.25) is 5.02 Å². The van der Waals surface area contributed by atoms with Crippen LogP contribution in [0.1, 0.15) is 30.6 Å². The number of anilines is 2. The van der Waals surface area contributed by atoms with E-state index in [1.54, 1.807) is 19.1 Å². The van der Waals surface area contributed by atoms with Gasteiger partial charge in [0.1, 0.15) is 23.7 Å². The smallest absolute Gasteiger partial charge is 0.333 e. The summed E-state index contributed by atoms with van der Waals surface area (Å²) in [5.41, 5.74) is -1.23. The highest BCUT2D eigenvalue weighted by Crippen LogP contribution is 2.27. The zero-order valence-corrected chi connectivity index (χ0v) is 17.0. The summed E-state index contributed by atoms with van der Waals surface area (Å²) in [4.78, 5) is 50.7. The molecule has 1 atom stereocenters. The van der Waals surface area contributed by atoms with Crippen LogP contribution in [-0.4, -0.2) is 34.0 Å². The van der Waals surface area contributed by atoms with E-state index in [-0.39, 0.29) is 11.4 Å². The molecule has 1 aliphatic rings. The number of methoxy groups -OCH3 is 1. The molecule has 0 spiro atoms. The van der Waals surface area contributed by atoms with E-state index in [1.165, 1.54) is 17.7 Å². The number of fused-ring (bicyclic) bond motifs is 1. The molecule has 1 aromatic carbocycles. The fourth-order valence-corrected chi connectivity index (χ4v) is 3.41. The number of amides is 1. The number of halogens is 1. The normalized spacial score (nSPS) is 15.0. The van der Waals surface area contributed by atoms with E-state index in [0.717, 1.165) is 4.57 Å². The van der Waals surface area contributed by atoms with Crippen molar-refractivity contribution in [3.05, 3.63) is 49.6 Å². The molecule has 2 N–H and O–H groups in total. The van der Waals surface area contributed by atoms with Gasteiger partial charge in [-0.15, -0.1) is 0 Å². The molecule has 1 aromatic heterocycles. The fourth-order valence-electron chi connectivity index (χ4n) is 3.24. The molecule has 3 rings (SSSR count). The van der Waals surface area contributed by atoms with Crippen molar-refractivity contribution in [1.82, 2.24) is 9.13 Å². The second-order valence-corrected chi connectivity index (χ2v) is 7.11. The zero-order valence-electron chi connectivity index (χ0n) is 16.2. The maximum absolute atomic E-state index is 12.9. The largest absolute Gasteiger partial charge is 0.495 e. The van der Waals surface area contributed by atoms with Crippen LogP contribution in [0.25, 0.3) is 0 Å². The van der Waals surface area contributed by atoms with Crippen LogP contribution >= 0.6 is 11.6 Å². The van der Waals surface area contributed by atoms with Gasteiger partial charge in [-0.3, -0.25) is 19.0 Å². The number of rotatable bonds is 6. The molecule has 9 nitrogen and oxygen atoms in total. The summed E-state index contributed by atoms with van der Waals surface area (Å²) in [6.45, 7) is 3.24. The molecule has 154 valence electrons. The maximum Gasteiger partial charge on any atom is 0.333 e. The third-order valence-electron chi connectivity index (χ3n) is 4.61. The van der Waals surface area contributed by atoms with Gasteiger partial charge in [0, 0.05) is 11.6 Å². The molecule has 10 heteroatoms. The van der Waals surface area contributed by atoms with Gasteiger partial charge in [0.15, 0.2) is 5.78 Å².